The van der Waals surface area contributed by atoms with Gasteiger partial charge in [-0.2, -0.15) is 0 Å². The van der Waals surface area contributed by atoms with Crippen LogP contribution in [0.3, 0.4) is 0 Å². The van der Waals surface area contributed by atoms with Gasteiger partial charge in [-0.1, -0.05) is 41.9 Å². The van der Waals surface area contributed by atoms with Crippen molar-refractivity contribution in [1.29, 1.82) is 0 Å². The van der Waals surface area contributed by atoms with Crippen molar-refractivity contribution >= 4 is 45.9 Å². The van der Waals surface area contributed by atoms with Gasteiger partial charge in [0.1, 0.15) is 17.8 Å². The fourth-order valence-corrected chi connectivity index (χ4v) is 4.59. The fourth-order valence-electron chi connectivity index (χ4n) is 3.54. The number of methoxy groups -OCH3 is 1. The number of nitrogens with one attached hydrogen (secondary N) is 2. The van der Waals surface area contributed by atoms with Gasteiger partial charge in [0.05, 0.1) is 7.11 Å². The number of thiazole rings is 1. The molecule has 2 aromatic carbocycles. The molecule has 0 bridgehead atoms. The predicted octanol–water partition coefficient (Wildman–Crippen LogP) is 3.80. The number of nitrogens with zero attached hydrogens (tertiary/aromatic N) is 2. The maximum absolute atomic E-state index is 13.0. The number of carbonyl (C=O) groups excluding carboxylic acids is 3. The highest BCUT2D eigenvalue weighted by Gasteiger charge is 2.49. The summed E-state index contributed by atoms with van der Waals surface area (Å²) in [6.45, 7) is 1.19. The molecule has 3 aromatic rings. The van der Waals surface area contributed by atoms with E-state index in [-0.39, 0.29) is 0 Å². The van der Waals surface area contributed by atoms with E-state index in [0.29, 0.717) is 27.9 Å². The van der Waals surface area contributed by atoms with Gasteiger partial charge >= 0.3 is 6.03 Å². The Kier molecular flexibility index (Phi) is 6.35. The summed E-state index contributed by atoms with van der Waals surface area (Å²) in [6, 6.07) is 13.7. The second-order valence-electron chi connectivity index (χ2n) is 7.62. The van der Waals surface area contributed by atoms with E-state index in [1.54, 1.807) is 44.5 Å². The monoisotopic (exact) mass is 484 g/mol. The van der Waals surface area contributed by atoms with Crippen LogP contribution in [-0.2, 0) is 21.5 Å². The van der Waals surface area contributed by atoms with Crippen molar-refractivity contribution < 1.29 is 19.1 Å². The van der Waals surface area contributed by atoms with Crippen molar-refractivity contribution in [2.24, 2.45) is 0 Å². The van der Waals surface area contributed by atoms with E-state index in [0.717, 1.165) is 15.3 Å². The average Bonchev–Trinajstić information content (AvgIpc) is 3.33. The highest BCUT2D eigenvalue weighted by molar-refractivity contribution is 7.15. The quantitative estimate of drug-likeness (QED) is 0.497. The molecule has 1 atom stereocenters. The van der Waals surface area contributed by atoms with Crippen LogP contribution >= 0.6 is 22.9 Å². The van der Waals surface area contributed by atoms with Gasteiger partial charge in [-0.05, 0) is 36.2 Å². The summed E-state index contributed by atoms with van der Waals surface area (Å²) >= 11 is 7.51. The molecule has 0 radical (unpaired) electrons. The van der Waals surface area contributed by atoms with E-state index < -0.39 is 29.9 Å². The Bertz CT molecular complexity index is 1210. The standard InChI is InChI=1S/C23H21ClN4O4S/c1-23(15-7-9-16(32-2)10-8-15)20(30)28(22(31)27-23)13-19(29)26-21-25-12-17(33-21)11-14-5-3-4-6-18(14)24/h3-10,12H,11,13H2,1-2H3,(H,27,31)(H,25,26,29). The number of ether oxygens (including phenoxy) is 1. The third kappa shape index (κ3) is 4.69. The minimum absolute atomic E-state index is 0.382. The summed E-state index contributed by atoms with van der Waals surface area (Å²) in [5.41, 5.74) is 0.277. The van der Waals surface area contributed by atoms with Crippen molar-refractivity contribution in [2.45, 2.75) is 18.9 Å². The van der Waals surface area contributed by atoms with Crippen molar-refractivity contribution in [3.8, 4) is 5.75 Å². The Labute approximate surface area is 199 Å². The van der Waals surface area contributed by atoms with E-state index in [4.69, 9.17) is 16.3 Å². The lowest BCUT2D eigenvalue weighted by atomic mass is 9.92. The molecule has 1 aliphatic rings. The Balaban J connectivity index is 1.40. The van der Waals surface area contributed by atoms with Crippen LogP contribution in [0.25, 0.3) is 0 Å². The topological polar surface area (TPSA) is 101 Å². The molecule has 33 heavy (non-hydrogen) atoms. The van der Waals surface area contributed by atoms with Gasteiger partial charge in [0, 0.05) is 22.5 Å². The molecule has 4 rings (SSSR count). The summed E-state index contributed by atoms with van der Waals surface area (Å²) in [4.78, 5) is 44.1. The number of anilines is 1. The Hall–Kier alpha value is -3.43. The van der Waals surface area contributed by atoms with Crippen molar-refractivity contribution in [1.82, 2.24) is 15.2 Å². The zero-order valence-corrected chi connectivity index (χ0v) is 19.5. The van der Waals surface area contributed by atoms with Crippen LogP contribution in [-0.4, -0.2) is 41.4 Å². The van der Waals surface area contributed by atoms with E-state index in [1.807, 2.05) is 24.3 Å². The molecule has 4 amide bonds. The molecule has 1 fully saturated rings. The molecule has 1 aliphatic heterocycles. The number of hydrogen-bond donors (Lipinski definition) is 2. The van der Waals surface area contributed by atoms with Crippen molar-refractivity contribution in [3.05, 3.63) is 75.8 Å². The predicted molar refractivity (Wildman–Crippen MR) is 126 cm³/mol. The van der Waals surface area contributed by atoms with Crippen molar-refractivity contribution in [2.75, 3.05) is 19.0 Å². The molecular formula is C23H21ClN4O4S. The Morgan fingerprint density at radius 3 is 2.64 bits per heavy atom. The number of carbonyl (C=O) groups is 3. The summed E-state index contributed by atoms with van der Waals surface area (Å²) in [7, 11) is 1.54. The van der Waals surface area contributed by atoms with Gasteiger partial charge in [-0.25, -0.2) is 9.78 Å². The number of amides is 4. The van der Waals surface area contributed by atoms with Crippen LogP contribution in [0.5, 0.6) is 5.75 Å². The summed E-state index contributed by atoms with van der Waals surface area (Å²) in [5.74, 6) is -0.393. The van der Waals surface area contributed by atoms with Crippen LogP contribution in [0, 0.1) is 0 Å². The Morgan fingerprint density at radius 1 is 1.21 bits per heavy atom. The molecule has 1 aromatic heterocycles. The SMILES string of the molecule is COc1ccc(C2(C)NC(=O)N(CC(=O)Nc3ncc(Cc4ccccc4Cl)s3)C2=O)cc1. The molecule has 0 saturated carbocycles. The zero-order valence-electron chi connectivity index (χ0n) is 17.9. The summed E-state index contributed by atoms with van der Waals surface area (Å²) < 4.78 is 5.14. The first-order valence-corrected chi connectivity index (χ1v) is 11.3. The van der Waals surface area contributed by atoms with Gasteiger partial charge in [0.15, 0.2) is 5.13 Å². The number of aromatic nitrogens is 1. The first-order chi connectivity index (χ1) is 15.8. The van der Waals surface area contributed by atoms with Crippen molar-refractivity contribution in [3.63, 3.8) is 0 Å². The zero-order chi connectivity index (χ0) is 23.6. The maximum atomic E-state index is 13.0. The molecule has 1 saturated heterocycles. The highest BCUT2D eigenvalue weighted by Crippen LogP contribution is 2.30. The highest BCUT2D eigenvalue weighted by atomic mass is 35.5. The minimum atomic E-state index is -1.27. The van der Waals surface area contributed by atoms with Crippen LogP contribution in [0.2, 0.25) is 5.02 Å². The number of benzene rings is 2. The molecule has 1 unspecified atom stereocenters. The molecule has 10 heteroatoms. The normalized spacial score (nSPS) is 17.7. The number of hydrogen-bond acceptors (Lipinski definition) is 6. The fraction of sp³-hybridized carbons (Fsp3) is 0.217. The van der Waals surface area contributed by atoms with Gasteiger partial charge < -0.3 is 15.4 Å². The first-order valence-electron chi connectivity index (χ1n) is 10.1. The van der Waals surface area contributed by atoms with Crippen LogP contribution < -0.4 is 15.4 Å². The molecule has 2 heterocycles. The number of urea groups is 1. The third-order valence-electron chi connectivity index (χ3n) is 5.37. The second kappa shape index (κ2) is 9.21. The van der Waals surface area contributed by atoms with Crippen LogP contribution in [0.1, 0.15) is 22.9 Å². The van der Waals surface area contributed by atoms with Gasteiger partial charge in [-0.3, -0.25) is 14.5 Å². The molecule has 8 nitrogen and oxygen atoms in total. The Morgan fingerprint density at radius 2 is 1.94 bits per heavy atom. The molecule has 0 aliphatic carbocycles. The van der Waals surface area contributed by atoms with Gasteiger partial charge in [0.25, 0.3) is 5.91 Å². The largest absolute Gasteiger partial charge is 0.497 e. The van der Waals surface area contributed by atoms with E-state index >= 15 is 0 Å². The average molecular weight is 485 g/mol. The number of halogens is 1. The van der Waals surface area contributed by atoms with E-state index in [2.05, 4.69) is 15.6 Å². The maximum Gasteiger partial charge on any atom is 0.325 e. The molecule has 0 spiro atoms. The number of imide groups is 1. The lowest BCUT2D eigenvalue weighted by Crippen LogP contribution is -2.42. The number of rotatable bonds is 7. The lowest BCUT2D eigenvalue weighted by Gasteiger charge is -2.22. The summed E-state index contributed by atoms with van der Waals surface area (Å²) in [5, 5.41) is 6.38. The molecule has 2 N–H and O–H groups in total. The lowest BCUT2D eigenvalue weighted by molar-refractivity contribution is -0.133. The van der Waals surface area contributed by atoms with E-state index in [9.17, 15) is 14.4 Å². The van der Waals surface area contributed by atoms with E-state index in [1.165, 1.54) is 11.3 Å². The van der Waals surface area contributed by atoms with Crippen LogP contribution in [0.4, 0.5) is 9.93 Å². The third-order valence-corrected chi connectivity index (χ3v) is 6.65. The second-order valence-corrected chi connectivity index (χ2v) is 9.15. The smallest absolute Gasteiger partial charge is 0.325 e. The van der Waals surface area contributed by atoms with Crippen LogP contribution in [0.15, 0.2) is 54.7 Å². The molecular weight excluding hydrogens is 464 g/mol. The molecule has 170 valence electrons. The minimum Gasteiger partial charge on any atom is -0.497 e. The summed E-state index contributed by atoms with van der Waals surface area (Å²) in [6.07, 6.45) is 2.25. The van der Waals surface area contributed by atoms with Gasteiger partial charge in [0.2, 0.25) is 5.91 Å². The van der Waals surface area contributed by atoms with Gasteiger partial charge in [-0.15, -0.1) is 11.3 Å². The first kappa shape index (κ1) is 22.8.